The number of carboxylic acids is 1. The van der Waals surface area contributed by atoms with Gasteiger partial charge < -0.3 is 10.0 Å². The molecule has 0 heterocycles. The summed E-state index contributed by atoms with van der Waals surface area (Å²) >= 11 is 0. The second-order valence-electron chi connectivity index (χ2n) is 4.80. The van der Waals surface area contributed by atoms with E-state index in [1.165, 1.54) is 6.07 Å². The highest BCUT2D eigenvalue weighted by molar-refractivity contribution is 7.89. The van der Waals surface area contributed by atoms with Crippen LogP contribution in [0.2, 0.25) is 0 Å². The zero-order valence-electron chi connectivity index (χ0n) is 11.9. The average molecular weight is 300 g/mol. The van der Waals surface area contributed by atoms with E-state index < -0.39 is 22.5 Å². The molecule has 0 saturated heterocycles. The van der Waals surface area contributed by atoms with Crippen LogP contribution < -0.4 is 0 Å². The lowest BCUT2D eigenvalue weighted by Crippen LogP contribution is -2.40. The standard InChI is InChI=1S/C13H20N2O4S/c1-11-6-4-5-7-12(11)20(18,19)15(10-13(16)17)9-8-14(2)3/h4-7H,8-10H2,1-3H3,(H,16,17). The number of carbonyl (C=O) groups is 1. The minimum atomic E-state index is -3.80. The molecule has 20 heavy (non-hydrogen) atoms. The van der Waals surface area contributed by atoms with Gasteiger partial charge in [0.15, 0.2) is 0 Å². The molecule has 0 fully saturated rings. The van der Waals surface area contributed by atoms with Crippen molar-refractivity contribution in [1.29, 1.82) is 0 Å². The number of aryl methyl sites for hydroxylation is 1. The van der Waals surface area contributed by atoms with E-state index in [1.54, 1.807) is 39.2 Å². The van der Waals surface area contributed by atoms with Crippen LogP contribution in [0.1, 0.15) is 5.56 Å². The topological polar surface area (TPSA) is 77.9 Å². The molecule has 0 atom stereocenters. The molecule has 1 aromatic rings. The number of likely N-dealkylation sites (N-methyl/N-ethyl adjacent to an activating group) is 1. The monoisotopic (exact) mass is 300 g/mol. The zero-order valence-corrected chi connectivity index (χ0v) is 12.7. The van der Waals surface area contributed by atoms with Crippen LogP contribution in [0.25, 0.3) is 0 Å². The summed E-state index contributed by atoms with van der Waals surface area (Å²) in [7, 11) is -0.187. The molecule has 0 unspecified atom stereocenters. The van der Waals surface area contributed by atoms with E-state index >= 15 is 0 Å². The number of sulfonamides is 1. The van der Waals surface area contributed by atoms with Crippen molar-refractivity contribution in [3.05, 3.63) is 29.8 Å². The summed E-state index contributed by atoms with van der Waals surface area (Å²) in [5.41, 5.74) is 0.604. The Morgan fingerprint density at radius 2 is 1.80 bits per heavy atom. The van der Waals surface area contributed by atoms with Gasteiger partial charge in [-0.1, -0.05) is 18.2 Å². The van der Waals surface area contributed by atoms with Crippen molar-refractivity contribution in [3.8, 4) is 0 Å². The van der Waals surface area contributed by atoms with Crippen molar-refractivity contribution in [2.45, 2.75) is 11.8 Å². The molecule has 1 aromatic carbocycles. The van der Waals surface area contributed by atoms with E-state index in [4.69, 9.17) is 5.11 Å². The molecule has 112 valence electrons. The molecule has 0 amide bonds. The van der Waals surface area contributed by atoms with Crippen LogP contribution in [0.15, 0.2) is 29.2 Å². The summed E-state index contributed by atoms with van der Waals surface area (Å²) in [6, 6.07) is 6.56. The van der Waals surface area contributed by atoms with Gasteiger partial charge in [-0.2, -0.15) is 4.31 Å². The molecular weight excluding hydrogens is 280 g/mol. The molecular formula is C13H20N2O4S. The van der Waals surface area contributed by atoms with Crippen LogP contribution in [0.5, 0.6) is 0 Å². The van der Waals surface area contributed by atoms with Gasteiger partial charge in [-0.3, -0.25) is 4.79 Å². The highest BCUT2D eigenvalue weighted by Crippen LogP contribution is 2.19. The first-order valence-corrected chi connectivity index (χ1v) is 7.61. The van der Waals surface area contributed by atoms with Gasteiger partial charge in [0.25, 0.3) is 0 Å². The van der Waals surface area contributed by atoms with Gasteiger partial charge in [0.2, 0.25) is 10.0 Å². The van der Waals surface area contributed by atoms with E-state index in [9.17, 15) is 13.2 Å². The third-order valence-corrected chi connectivity index (χ3v) is 4.83. The van der Waals surface area contributed by atoms with Crippen LogP contribution in [0.3, 0.4) is 0 Å². The second-order valence-corrected chi connectivity index (χ2v) is 6.71. The molecule has 7 heteroatoms. The fourth-order valence-electron chi connectivity index (χ4n) is 1.73. The van der Waals surface area contributed by atoms with Crippen molar-refractivity contribution in [2.24, 2.45) is 0 Å². The maximum Gasteiger partial charge on any atom is 0.318 e. The third-order valence-electron chi connectivity index (χ3n) is 2.82. The molecule has 0 saturated carbocycles. The van der Waals surface area contributed by atoms with Crippen molar-refractivity contribution in [3.63, 3.8) is 0 Å². The first kappa shape index (κ1) is 16.6. The van der Waals surface area contributed by atoms with Crippen LogP contribution in [-0.4, -0.2) is 62.4 Å². The average Bonchev–Trinajstić information content (AvgIpc) is 2.34. The Kier molecular flexibility index (Phi) is 5.67. The minimum Gasteiger partial charge on any atom is -0.480 e. The SMILES string of the molecule is Cc1ccccc1S(=O)(=O)N(CCN(C)C)CC(=O)O. The Balaban J connectivity index is 3.10. The molecule has 0 spiro atoms. The van der Waals surface area contributed by atoms with E-state index in [0.29, 0.717) is 12.1 Å². The maximum absolute atomic E-state index is 12.5. The first-order valence-electron chi connectivity index (χ1n) is 6.17. The van der Waals surface area contributed by atoms with Gasteiger partial charge in [-0.05, 0) is 32.6 Å². The molecule has 0 aromatic heterocycles. The molecule has 0 aliphatic rings. The van der Waals surface area contributed by atoms with E-state index in [1.807, 2.05) is 4.90 Å². The zero-order chi connectivity index (χ0) is 15.3. The fraction of sp³-hybridized carbons (Fsp3) is 0.462. The van der Waals surface area contributed by atoms with Crippen molar-refractivity contribution in [1.82, 2.24) is 9.21 Å². The summed E-state index contributed by atoms with van der Waals surface area (Å²) < 4.78 is 26.1. The highest BCUT2D eigenvalue weighted by atomic mass is 32.2. The van der Waals surface area contributed by atoms with Gasteiger partial charge in [0.1, 0.15) is 6.54 Å². The number of hydrogen-bond acceptors (Lipinski definition) is 4. The van der Waals surface area contributed by atoms with Crippen LogP contribution >= 0.6 is 0 Å². The number of benzene rings is 1. The highest BCUT2D eigenvalue weighted by Gasteiger charge is 2.27. The smallest absolute Gasteiger partial charge is 0.318 e. The number of hydrogen-bond donors (Lipinski definition) is 1. The Morgan fingerprint density at radius 3 is 2.30 bits per heavy atom. The summed E-state index contributed by atoms with van der Waals surface area (Å²) in [5.74, 6) is -1.17. The van der Waals surface area contributed by atoms with Crippen molar-refractivity contribution in [2.75, 3.05) is 33.7 Å². The molecule has 1 rings (SSSR count). The second kappa shape index (κ2) is 6.83. The van der Waals surface area contributed by atoms with Crippen LogP contribution in [0, 0.1) is 6.92 Å². The Hall–Kier alpha value is -1.44. The van der Waals surface area contributed by atoms with Gasteiger partial charge in [-0.25, -0.2) is 8.42 Å². The lowest BCUT2D eigenvalue weighted by molar-refractivity contribution is -0.137. The molecule has 0 radical (unpaired) electrons. The maximum atomic E-state index is 12.5. The summed E-state index contributed by atoms with van der Waals surface area (Å²) in [6.07, 6.45) is 0. The predicted molar refractivity (Wildman–Crippen MR) is 76.1 cm³/mol. The van der Waals surface area contributed by atoms with Crippen molar-refractivity contribution >= 4 is 16.0 Å². The predicted octanol–water partition coefficient (Wildman–Crippen LogP) is 0.632. The summed E-state index contributed by atoms with van der Waals surface area (Å²) in [6.45, 7) is 1.75. The lowest BCUT2D eigenvalue weighted by atomic mass is 10.2. The summed E-state index contributed by atoms with van der Waals surface area (Å²) in [5, 5.41) is 8.91. The van der Waals surface area contributed by atoms with Crippen molar-refractivity contribution < 1.29 is 18.3 Å². The number of carboxylic acid groups (broad SMARTS) is 1. The van der Waals surface area contributed by atoms with E-state index in [2.05, 4.69) is 0 Å². The molecule has 0 aliphatic carbocycles. The van der Waals surface area contributed by atoms with E-state index in [0.717, 1.165) is 4.31 Å². The Morgan fingerprint density at radius 1 is 1.20 bits per heavy atom. The van der Waals surface area contributed by atoms with Gasteiger partial charge >= 0.3 is 5.97 Å². The van der Waals surface area contributed by atoms with Crippen LogP contribution in [0.4, 0.5) is 0 Å². The fourth-order valence-corrected chi connectivity index (χ4v) is 3.34. The quantitative estimate of drug-likeness (QED) is 0.799. The summed E-state index contributed by atoms with van der Waals surface area (Å²) in [4.78, 5) is 12.9. The number of rotatable bonds is 7. The van der Waals surface area contributed by atoms with E-state index in [-0.39, 0.29) is 11.4 Å². The Labute approximate surface area is 119 Å². The first-order chi connectivity index (χ1) is 9.25. The number of nitrogens with zero attached hydrogens (tertiary/aromatic N) is 2. The van der Waals surface area contributed by atoms with Crippen LogP contribution in [-0.2, 0) is 14.8 Å². The normalized spacial score (nSPS) is 12.1. The van der Waals surface area contributed by atoms with Gasteiger partial charge in [0, 0.05) is 13.1 Å². The molecule has 0 aliphatic heterocycles. The molecule has 1 N–H and O–H groups in total. The Bertz CT molecular complexity index is 569. The molecule has 6 nitrogen and oxygen atoms in total. The van der Waals surface area contributed by atoms with Gasteiger partial charge in [-0.15, -0.1) is 0 Å². The minimum absolute atomic E-state index is 0.135. The number of aliphatic carboxylic acids is 1. The lowest BCUT2D eigenvalue weighted by Gasteiger charge is -2.23. The van der Waals surface area contributed by atoms with Gasteiger partial charge in [0.05, 0.1) is 4.90 Å². The molecule has 0 bridgehead atoms. The largest absolute Gasteiger partial charge is 0.480 e. The third kappa shape index (κ3) is 4.29.